The maximum absolute atomic E-state index is 3.44. The van der Waals surface area contributed by atoms with Gasteiger partial charge in [-0.15, -0.1) is 0 Å². The van der Waals surface area contributed by atoms with E-state index in [1.165, 1.54) is 16.5 Å². The molecule has 0 aliphatic carbocycles. The zero-order chi connectivity index (χ0) is 17.6. The van der Waals surface area contributed by atoms with Gasteiger partial charge >= 0.3 is 0 Å². The van der Waals surface area contributed by atoms with Crippen LogP contribution in [0.3, 0.4) is 0 Å². The Kier molecular flexibility index (Phi) is 4.67. The Hall–Kier alpha value is -3.50. The monoisotopic (exact) mass is 333 g/mol. The van der Waals surface area contributed by atoms with Gasteiger partial charge in [-0.05, 0) is 29.3 Å². The molecule has 0 saturated heterocycles. The smallest absolute Gasteiger partial charge is 0.0660 e. The average Bonchev–Trinajstić information content (AvgIpc) is 3.14. The van der Waals surface area contributed by atoms with Gasteiger partial charge in [0.05, 0.1) is 5.92 Å². The van der Waals surface area contributed by atoms with Gasteiger partial charge in [0.2, 0.25) is 0 Å². The molecule has 0 fully saturated rings. The van der Waals surface area contributed by atoms with E-state index >= 15 is 0 Å². The molecule has 124 valence electrons. The van der Waals surface area contributed by atoms with E-state index in [2.05, 4.69) is 77.6 Å². The number of rotatable bonds is 3. The lowest BCUT2D eigenvalue weighted by Crippen LogP contribution is -1.91. The molecule has 3 aromatic carbocycles. The summed E-state index contributed by atoms with van der Waals surface area (Å²) in [6.07, 6.45) is 6.40. The lowest BCUT2D eigenvalue weighted by molar-refractivity contribution is 1.15. The molecule has 0 radical (unpaired) electrons. The number of allylic oxidation sites excluding steroid dienone is 1. The molecule has 1 atom stereocenters. The van der Waals surface area contributed by atoms with Crippen molar-refractivity contribution in [2.75, 3.05) is 0 Å². The zero-order valence-electron chi connectivity index (χ0n) is 14.4. The van der Waals surface area contributed by atoms with Crippen LogP contribution in [-0.4, -0.2) is 4.98 Å². The predicted molar refractivity (Wildman–Crippen MR) is 110 cm³/mol. The topological polar surface area (TPSA) is 15.8 Å². The van der Waals surface area contributed by atoms with E-state index in [0.29, 0.717) is 0 Å². The Labute approximate surface area is 154 Å². The van der Waals surface area contributed by atoms with E-state index in [-0.39, 0.29) is 5.92 Å². The van der Waals surface area contributed by atoms with Crippen molar-refractivity contribution in [3.63, 3.8) is 0 Å². The lowest BCUT2D eigenvalue weighted by atomic mass is 9.97. The lowest BCUT2D eigenvalue weighted by Gasteiger charge is -2.05. The summed E-state index contributed by atoms with van der Waals surface area (Å²) in [5.74, 6) is 6.78. The first-order chi connectivity index (χ1) is 12.9. The second-order valence-electron chi connectivity index (χ2n) is 6.17. The number of para-hydroxylation sites is 1. The molecular formula is C25H19N. The zero-order valence-corrected chi connectivity index (χ0v) is 14.4. The van der Waals surface area contributed by atoms with Gasteiger partial charge in [-0.3, -0.25) is 0 Å². The van der Waals surface area contributed by atoms with Crippen LogP contribution >= 0.6 is 0 Å². The number of hydrogen-bond donors (Lipinski definition) is 1. The molecule has 0 aliphatic heterocycles. The summed E-state index contributed by atoms with van der Waals surface area (Å²) in [6, 6.07) is 28.8. The van der Waals surface area contributed by atoms with Crippen LogP contribution in [0, 0.1) is 11.8 Å². The van der Waals surface area contributed by atoms with Crippen molar-refractivity contribution in [2.45, 2.75) is 5.92 Å². The second-order valence-corrected chi connectivity index (χ2v) is 6.17. The summed E-state index contributed by atoms with van der Waals surface area (Å²) in [7, 11) is 0. The van der Waals surface area contributed by atoms with Crippen molar-refractivity contribution in [1.29, 1.82) is 0 Å². The molecule has 1 heteroatoms. The van der Waals surface area contributed by atoms with E-state index in [4.69, 9.17) is 0 Å². The fourth-order valence-electron chi connectivity index (χ4n) is 3.03. The number of hydrogen-bond acceptors (Lipinski definition) is 0. The number of fused-ring (bicyclic) bond motifs is 1. The van der Waals surface area contributed by atoms with Gasteiger partial charge in [0, 0.05) is 22.7 Å². The molecule has 0 aliphatic rings. The van der Waals surface area contributed by atoms with E-state index in [0.717, 1.165) is 11.1 Å². The van der Waals surface area contributed by atoms with E-state index < -0.39 is 0 Å². The summed E-state index contributed by atoms with van der Waals surface area (Å²) in [4.78, 5) is 3.36. The largest absolute Gasteiger partial charge is 0.361 e. The van der Waals surface area contributed by atoms with Gasteiger partial charge in [0.1, 0.15) is 0 Å². The van der Waals surface area contributed by atoms with Crippen molar-refractivity contribution in [3.05, 3.63) is 114 Å². The quantitative estimate of drug-likeness (QED) is 0.441. The minimum atomic E-state index is 0.0200. The summed E-state index contributed by atoms with van der Waals surface area (Å²) in [5, 5.41) is 1.22. The van der Waals surface area contributed by atoms with E-state index in [1.54, 1.807) is 0 Å². The van der Waals surface area contributed by atoms with Gasteiger partial charge in [0.15, 0.2) is 0 Å². The van der Waals surface area contributed by atoms with E-state index in [9.17, 15) is 0 Å². The third-order valence-corrected chi connectivity index (χ3v) is 4.38. The van der Waals surface area contributed by atoms with Crippen molar-refractivity contribution < 1.29 is 0 Å². The summed E-state index contributed by atoms with van der Waals surface area (Å²) < 4.78 is 0. The maximum atomic E-state index is 3.44. The summed E-state index contributed by atoms with van der Waals surface area (Å²) in [6.45, 7) is 0. The maximum Gasteiger partial charge on any atom is 0.0660 e. The normalized spacial score (nSPS) is 12.0. The third kappa shape index (κ3) is 3.61. The van der Waals surface area contributed by atoms with Crippen LogP contribution in [0.15, 0.2) is 97.2 Å². The van der Waals surface area contributed by atoms with Crippen LogP contribution in [0.25, 0.3) is 17.0 Å². The summed E-state index contributed by atoms with van der Waals surface area (Å²) >= 11 is 0. The second kappa shape index (κ2) is 7.59. The highest BCUT2D eigenvalue weighted by molar-refractivity contribution is 5.84. The minimum absolute atomic E-state index is 0.0200. The number of aromatic nitrogens is 1. The van der Waals surface area contributed by atoms with Crippen LogP contribution in [0.4, 0.5) is 0 Å². The molecule has 0 saturated carbocycles. The molecule has 1 unspecified atom stereocenters. The van der Waals surface area contributed by atoms with Crippen LogP contribution in [0.1, 0.15) is 22.6 Å². The van der Waals surface area contributed by atoms with E-state index in [1.807, 2.05) is 42.5 Å². The molecule has 4 rings (SSSR count). The van der Waals surface area contributed by atoms with Crippen molar-refractivity contribution in [2.24, 2.45) is 0 Å². The Morgan fingerprint density at radius 2 is 1.46 bits per heavy atom. The molecule has 1 aromatic heterocycles. The molecule has 1 nitrogen and oxygen atoms in total. The van der Waals surface area contributed by atoms with Crippen molar-refractivity contribution in [3.8, 4) is 11.8 Å². The molecule has 0 bridgehead atoms. The van der Waals surface area contributed by atoms with Gasteiger partial charge in [-0.25, -0.2) is 0 Å². The standard InChI is InChI=1S/C25H19N/c1-3-9-20(10-4-1)15-17-22(18-16-21-11-5-2-6-12-21)24-19-26-25-14-8-7-13-23(24)25/h1-15,17,19,22,26H/b17-15+. The highest BCUT2D eigenvalue weighted by atomic mass is 14.7. The Morgan fingerprint density at radius 3 is 2.27 bits per heavy atom. The SMILES string of the molecule is C(#CC(/C=C/c1ccccc1)c1c[nH]c2ccccc12)c1ccccc1. The molecule has 0 spiro atoms. The van der Waals surface area contributed by atoms with Crippen LogP contribution < -0.4 is 0 Å². The minimum Gasteiger partial charge on any atom is -0.361 e. The fourth-order valence-corrected chi connectivity index (χ4v) is 3.03. The van der Waals surface area contributed by atoms with Crippen molar-refractivity contribution >= 4 is 17.0 Å². The molecule has 1 N–H and O–H groups in total. The molecule has 26 heavy (non-hydrogen) atoms. The van der Waals surface area contributed by atoms with Crippen molar-refractivity contribution in [1.82, 2.24) is 4.98 Å². The summed E-state index contributed by atoms with van der Waals surface area (Å²) in [5.41, 5.74) is 4.56. The molecular weight excluding hydrogens is 314 g/mol. The molecule has 0 amide bonds. The van der Waals surface area contributed by atoms with Gasteiger partial charge < -0.3 is 4.98 Å². The first-order valence-corrected chi connectivity index (χ1v) is 8.76. The Morgan fingerprint density at radius 1 is 0.769 bits per heavy atom. The van der Waals surface area contributed by atoms with Gasteiger partial charge in [-0.1, -0.05) is 90.7 Å². The fraction of sp³-hybridized carbons (Fsp3) is 0.0400. The number of benzene rings is 3. The number of nitrogens with one attached hydrogen (secondary N) is 1. The highest BCUT2D eigenvalue weighted by Crippen LogP contribution is 2.27. The first kappa shape index (κ1) is 16.0. The number of H-pyrrole nitrogens is 1. The van der Waals surface area contributed by atoms with Crippen LogP contribution in [0.5, 0.6) is 0 Å². The first-order valence-electron chi connectivity index (χ1n) is 8.76. The van der Waals surface area contributed by atoms with Gasteiger partial charge in [-0.2, -0.15) is 0 Å². The molecule has 1 heterocycles. The van der Waals surface area contributed by atoms with Crippen LogP contribution in [-0.2, 0) is 0 Å². The van der Waals surface area contributed by atoms with Gasteiger partial charge in [0.25, 0.3) is 0 Å². The number of aromatic amines is 1. The Balaban J connectivity index is 1.74. The Bertz CT molecular complexity index is 1080. The molecule has 4 aromatic rings. The predicted octanol–water partition coefficient (Wildman–Crippen LogP) is 6.02. The average molecular weight is 333 g/mol. The third-order valence-electron chi connectivity index (χ3n) is 4.38. The van der Waals surface area contributed by atoms with Crippen LogP contribution in [0.2, 0.25) is 0 Å². The highest BCUT2D eigenvalue weighted by Gasteiger charge is 2.10.